The number of carbonyl (C=O) groups is 2. The lowest BCUT2D eigenvalue weighted by Crippen LogP contribution is -2.25. The van der Waals surface area contributed by atoms with Gasteiger partial charge in [-0.15, -0.1) is 0 Å². The Morgan fingerprint density at radius 3 is 0.907 bits per heavy atom. The highest BCUT2D eigenvalue weighted by atomic mass is 16.6. The van der Waals surface area contributed by atoms with Gasteiger partial charge in [-0.25, -0.2) is 0 Å². The summed E-state index contributed by atoms with van der Waals surface area (Å²) in [5, 5.41) is 9.99. The van der Waals surface area contributed by atoms with E-state index < -0.39 is 6.10 Å². The number of aliphatic hydroxyl groups is 1. The largest absolute Gasteiger partial charge is 0.463 e. The van der Waals surface area contributed by atoms with Crippen LogP contribution in [-0.2, 0) is 19.1 Å². The minimum absolute atomic E-state index is 0.109. The van der Waals surface area contributed by atoms with Crippen LogP contribution in [0.4, 0.5) is 0 Å². The first-order valence-corrected chi connectivity index (χ1v) is 18.8. The van der Waals surface area contributed by atoms with Gasteiger partial charge >= 0.3 is 11.9 Å². The molecule has 0 heterocycles. The number of aliphatic hydroxyl groups excluding tert-OH is 1. The first-order valence-electron chi connectivity index (χ1n) is 18.8. The molecule has 0 aromatic carbocycles. The Hall–Kier alpha value is -1.10. The Morgan fingerprint density at radius 2 is 0.651 bits per heavy atom. The van der Waals surface area contributed by atoms with Gasteiger partial charge in [0.05, 0.1) is 0 Å². The topological polar surface area (TPSA) is 72.8 Å². The van der Waals surface area contributed by atoms with Crippen LogP contribution in [0.2, 0.25) is 0 Å². The van der Waals surface area contributed by atoms with Crippen LogP contribution < -0.4 is 0 Å². The van der Waals surface area contributed by atoms with Crippen LogP contribution in [0.25, 0.3) is 0 Å². The number of hydrogen-bond acceptors (Lipinski definition) is 5. The standard InChI is InChI=1S/C38H74O5/c1-34(2)28-24-20-16-12-8-6-5-7-9-14-18-22-26-30-37(40)42-32-36(39)33-43-38(41)31-27-23-19-15-11-10-13-17-21-25-29-35(3)4/h34-36,39H,5-33H2,1-4H3/t36-/m1/s1. The fourth-order valence-electron chi connectivity index (χ4n) is 5.57. The van der Waals surface area contributed by atoms with E-state index in [0.717, 1.165) is 43.9 Å². The van der Waals surface area contributed by atoms with Crippen molar-refractivity contribution >= 4 is 11.9 Å². The van der Waals surface area contributed by atoms with Gasteiger partial charge in [-0.3, -0.25) is 9.59 Å². The maximum absolute atomic E-state index is 11.9. The molecule has 0 rings (SSSR count). The van der Waals surface area contributed by atoms with Crippen molar-refractivity contribution in [2.45, 2.75) is 207 Å². The van der Waals surface area contributed by atoms with Crippen LogP contribution in [0.3, 0.4) is 0 Å². The summed E-state index contributed by atoms with van der Waals surface area (Å²) >= 11 is 0. The Labute approximate surface area is 268 Å². The van der Waals surface area contributed by atoms with Gasteiger partial charge < -0.3 is 14.6 Å². The van der Waals surface area contributed by atoms with Gasteiger partial charge in [0, 0.05) is 12.8 Å². The highest BCUT2D eigenvalue weighted by molar-refractivity contribution is 5.69. The molecular weight excluding hydrogens is 536 g/mol. The average Bonchev–Trinajstić information content (AvgIpc) is 2.97. The van der Waals surface area contributed by atoms with Crippen LogP contribution in [0.15, 0.2) is 0 Å². The molecule has 1 N–H and O–H groups in total. The highest BCUT2D eigenvalue weighted by Crippen LogP contribution is 2.16. The molecule has 5 nitrogen and oxygen atoms in total. The number of carbonyl (C=O) groups excluding carboxylic acids is 2. The van der Waals surface area contributed by atoms with Crippen molar-refractivity contribution in [1.82, 2.24) is 0 Å². The maximum Gasteiger partial charge on any atom is 0.305 e. The summed E-state index contributed by atoms with van der Waals surface area (Å²) in [5.74, 6) is 1.12. The number of ether oxygens (including phenoxy) is 2. The molecule has 43 heavy (non-hydrogen) atoms. The number of hydrogen-bond donors (Lipinski definition) is 1. The van der Waals surface area contributed by atoms with Crippen LogP contribution in [0.5, 0.6) is 0 Å². The van der Waals surface area contributed by atoms with Crippen molar-refractivity contribution in [3.8, 4) is 0 Å². The molecule has 0 aromatic rings. The minimum Gasteiger partial charge on any atom is -0.463 e. The predicted octanol–water partition coefficient (Wildman–Crippen LogP) is 11.3. The molecule has 256 valence electrons. The molecule has 0 unspecified atom stereocenters. The van der Waals surface area contributed by atoms with Gasteiger partial charge in [0.1, 0.15) is 19.3 Å². The fourth-order valence-corrected chi connectivity index (χ4v) is 5.57. The first kappa shape index (κ1) is 41.9. The fraction of sp³-hybridized carbons (Fsp3) is 0.947. The summed E-state index contributed by atoms with van der Waals surface area (Å²) in [6, 6.07) is 0. The molecule has 5 heteroatoms. The third kappa shape index (κ3) is 35.3. The summed E-state index contributed by atoms with van der Waals surface area (Å²) in [7, 11) is 0. The van der Waals surface area contributed by atoms with Crippen molar-refractivity contribution in [1.29, 1.82) is 0 Å². The quantitative estimate of drug-likeness (QED) is 0.0591. The third-order valence-electron chi connectivity index (χ3n) is 8.45. The second-order valence-corrected chi connectivity index (χ2v) is 14.0. The van der Waals surface area contributed by atoms with E-state index in [0.29, 0.717) is 12.8 Å². The molecule has 0 radical (unpaired) electrons. The van der Waals surface area contributed by atoms with Gasteiger partial charge in [0.25, 0.3) is 0 Å². The van der Waals surface area contributed by atoms with Crippen molar-refractivity contribution < 1.29 is 24.2 Å². The molecule has 0 fully saturated rings. The third-order valence-corrected chi connectivity index (χ3v) is 8.45. The minimum atomic E-state index is -0.955. The first-order chi connectivity index (χ1) is 20.8. The van der Waals surface area contributed by atoms with E-state index in [1.54, 1.807) is 0 Å². The zero-order chi connectivity index (χ0) is 31.8. The van der Waals surface area contributed by atoms with E-state index >= 15 is 0 Å². The smallest absolute Gasteiger partial charge is 0.305 e. The number of esters is 2. The highest BCUT2D eigenvalue weighted by Gasteiger charge is 2.12. The van der Waals surface area contributed by atoms with E-state index in [9.17, 15) is 14.7 Å². The summed E-state index contributed by atoms with van der Waals surface area (Å²) < 4.78 is 10.3. The van der Waals surface area contributed by atoms with Crippen molar-refractivity contribution in [2.75, 3.05) is 13.2 Å². The zero-order valence-corrected chi connectivity index (χ0v) is 29.3. The van der Waals surface area contributed by atoms with Crippen molar-refractivity contribution in [2.24, 2.45) is 11.8 Å². The molecule has 0 spiro atoms. The maximum atomic E-state index is 11.9. The van der Waals surface area contributed by atoms with Gasteiger partial charge in [0.15, 0.2) is 0 Å². The molecule has 1 atom stereocenters. The monoisotopic (exact) mass is 611 g/mol. The van der Waals surface area contributed by atoms with Gasteiger partial charge in [-0.1, -0.05) is 175 Å². The van der Waals surface area contributed by atoms with Crippen LogP contribution in [-0.4, -0.2) is 36.4 Å². The van der Waals surface area contributed by atoms with Crippen molar-refractivity contribution in [3.63, 3.8) is 0 Å². The summed E-state index contributed by atoms with van der Waals surface area (Å²) in [6.45, 7) is 9.00. The van der Waals surface area contributed by atoms with Crippen LogP contribution in [0.1, 0.15) is 201 Å². The van der Waals surface area contributed by atoms with E-state index in [-0.39, 0.29) is 25.2 Å². The molecule has 0 bridgehead atoms. The Balaban J connectivity index is 3.39. The second kappa shape index (κ2) is 32.3. The predicted molar refractivity (Wildman–Crippen MR) is 182 cm³/mol. The molecule has 0 saturated carbocycles. The van der Waals surface area contributed by atoms with Crippen LogP contribution >= 0.6 is 0 Å². The SMILES string of the molecule is CC(C)CCCCCCCCCCCCCCCC(=O)OC[C@@H](O)COC(=O)CCCCCCCCCCCCC(C)C. The van der Waals surface area contributed by atoms with Crippen molar-refractivity contribution in [3.05, 3.63) is 0 Å². The summed E-state index contributed by atoms with van der Waals surface area (Å²) in [4.78, 5) is 23.9. The van der Waals surface area contributed by atoms with E-state index in [1.807, 2.05) is 0 Å². The van der Waals surface area contributed by atoms with E-state index in [2.05, 4.69) is 27.7 Å². The zero-order valence-electron chi connectivity index (χ0n) is 29.3. The molecule has 0 saturated heterocycles. The molecular formula is C38H74O5. The molecule has 0 aliphatic rings. The molecule has 0 aromatic heterocycles. The summed E-state index contributed by atoms with van der Waals surface area (Å²) in [5.41, 5.74) is 0. The molecule has 0 aliphatic carbocycles. The molecule has 0 aliphatic heterocycles. The van der Waals surface area contributed by atoms with Gasteiger partial charge in [-0.2, -0.15) is 0 Å². The van der Waals surface area contributed by atoms with E-state index in [1.165, 1.54) is 128 Å². The Kier molecular flexibility index (Phi) is 31.5. The number of rotatable bonds is 33. The number of unbranched alkanes of at least 4 members (excludes halogenated alkanes) is 21. The lowest BCUT2D eigenvalue weighted by atomic mass is 10.0. The second-order valence-electron chi connectivity index (χ2n) is 14.0. The lowest BCUT2D eigenvalue weighted by molar-refractivity contribution is -0.152. The molecule has 0 amide bonds. The van der Waals surface area contributed by atoms with Gasteiger partial charge in [0.2, 0.25) is 0 Å². The Bertz CT molecular complexity index is 603. The lowest BCUT2D eigenvalue weighted by Gasteiger charge is -2.12. The van der Waals surface area contributed by atoms with Gasteiger partial charge in [-0.05, 0) is 24.7 Å². The summed E-state index contributed by atoms with van der Waals surface area (Å²) in [6.07, 6.45) is 31.5. The Morgan fingerprint density at radius 1 is 0.419 bits per heavy atom. The van der Waals surface area contributed by atoms with E-state index in [4.69, 9.17) is 9.47 Å². The van der Waals surface area contributed by atoms with Crippen LogP contribution in [0, 0.1) is 11.8 Å². The average molecular weight is 611 g/mol. The normalized spacial score (nSPS) is 12.3.